The zero-order chi connectivity index (χ0) is 9.42. The lowest BCUT2D eigenvalue weighted by atomic mass is 10.3. The Labute approximate surface area is 71.8 Å². The van der Waals surface area contributed by atoms with Gasteiger partial charge >= 0.3 is 11.6 Å². The van der Waals surface area contributed by atoms with Gasteiger partial charge in [-0.2, -0.15) is 4.57 Å². The monoisotopic (exact) mass is 179 g/mol. The third-order valence-electron chi connectivity index (χ3n) is 1.68. The van der Waals surface area contributed by atoms with Crippen LogP contribution >= 0.6 is 0 Å². The molecule has 2 rings (SSSR count). The molecule has 0 aliphatic rings. The highest BCUT2D eigenvalue weighted by atomic mass is 16.5. The van der Waals surface area contributed by atoms with Gasteiger partial charge in [-0.1, -0.05) is 6.07 Å². The van der Waals surface area contributed by atoms with Gasteiger partial charge in [-0.15, -0.1) is 0 Å². The number of hydrogen-bond donors (Lipinski definition) is 1. The molecule has 1 N–H and O–H groups in total. The Bertz CT molecular complexity index is 522. The summed E-state index contributed by atoms with van der Waals surface area (Å²) in [7, 11) is 0. The highest BCUT2D eigenvalue weighted by Crippen LogP contribution is 2.06. The zero-order valence-electron chi connectivity index (χ0n) is 6.43. The predicted octanol–water partition coefficient (Wildman–Crippen LogP) is 0.591. The second-order valence-corrected chi connectivity index (χ2v) is 2.47. The minimum atomic E-state index is -1.28. The summed E-state index contributed by atoms with van der Waals surface area (Å²) >= 11 is 0. The van der Waals surface area contributed by atoms with Gasteiger partial charge in [0.2, 0.25) is 0 Å². The van der Waals surface area contributed by atoms with Crippen LogP contribution in [-0.4, -0.2) is 15.6 Å². The molecule has 0 radical (unpaired) electrons. The predicted molar refractivity (Wildman–Crippen MR) is 42.9 cm³/mol. The number of aromatic nitrogens is 1. The van der Waals surface area contributed by atoms with Crippen LogP contribution in [0.1, 0.15) is 10.4 Å². The Morgan fingerprint density at radius 1 is 1.46 bits per heavy atom. The van der Waals surface area contributed by atoms with Crippen molar-refractivity contribution in [2.45, 2.75) is 0 Å². The second kappa shape index (κ2) is 2.48. The van der Waals surface area contributed by atoms with Gasteiger partial charge in [0.15, 0.2) is 5.56 Å². The molecule has 13 heavy (non-hydrogen) atoms. The van der Waals surface area contributed by atoms with Crippen LogP contribution in [-0.2, 0) is 0 Å². The molecule has 2 aromatic heterocycles. The van der Waals surface area contributed by atoms with E-state index >= 15 is 0 Å². The molecule has 0 amide bonds. The molecule has 66 valence electrons. The van der Waals surface area contributed by atoms with E-state index in [1.807, 2.05) is 0 Å². The molecule has 0 fully saturated rings. The van der Waals surface area contributed by atoms with Crippen molar-refractivity contribution in [2.24, 2.45) is 0 Å². The quantitative estimate of drug-likeness (QED) is 0.695. The van der Waals surface area contributed by atoms with E-state index in [0.717, 1.165) is 4.57 Å². The van der Waals surface area contributed by atoms with Crippen molar-refractivity contribution < 1.29 is 14.4 Å². The van der Waals surface area contributed by atoms with E-state index in [2.05, 4.69) is 4.52 Å². The lowest BCUT2D eigenvalue weighted by molar-refractivity contribution is 0.0696. The van der Waals surface area contributed by atoms with Crippen LogP contribution in [0.4, 0.5) is 0 Å². The number of carboxylic acids is 1. The van der Waals surface area contributed by atoms with Crippen molar-refractivity contribution in [2.75, 3.05) is 0 Å². The molecule has 0 saturated heterocycles. The van der Waals surface area contributed by atoms with E-state index in [1.54, 1.807) is 12.1 Å². The van der Waals surface area contributed by atoms with Crippen molar-refractivity contribution >= 4 is 11.5 Å². The summed E-state index contributed by atoms with van der Waals surface area (Å²) in [6.45, 7) is 0. The Balaban J connectivity index is 2.95. The summed E-state index contributed by atoms with van der Waals surface area (Å²) in [4.78, 5) is 21.6. The highest BCUT2D eigenvalue weighted by molar-refractivity contribution is 5.94. The summed E-state index contributed by atoms with van der Waals surface area (Å²) in [6, 6.07) is 4.78. The van der Waals surface area contributed by atoms with Crippen molar-refractivity contribution in [3.63, 3.8) is 0 Å². The van der Waals surface area contributed by atoms with Crippen LogP contribution in [0, 0.1) is 0 Å². The van der Waals surface area contributed by atoms with Crippen LogP contribution in [0.25, 0.3) is 5.52 Å². The van der Waals surface area contributed by atoms with Gasteiger partial charge in [-0.3, -0.25) is 0 Å². The first-order chi connectivity index (χ1) is 6.20. The maximum atomic E-state index is 11.0. The number of rotatable bonds is 1. The number of nitrogens with zero attached hydrogens (tertiary/aromatic N) is 1. The van der Waals surface area contributed by atoms with Gasteiger partial charge in [-0.05, 0) is 12.1 Å². The Morgan fingerprint density at radius 3 is 2.92 bits per heavy atom. The molecular formula is C8H5NO4. The van der Waals surface area contributed by atoms with Gasteiger partial charge in [-0.25, -0.2) is 9.59 Å². The minimum Gasteiger partial charge on any atom is -0.477 e. The second-order valence-electron chi connectivity index (χ2n) is 2.47. The summed E-state index contributed by atoms with van der Waals surface area (Å²) in [5, 5.41) is 8.68. The Kier molecular flexibility index (Phi) is 1.45. The molecule has 0 atom stereocenters. The van der Waals surface area contributed by atoms with Crippen molar-refractivity contribution in [3.8, 4) is 0 Å². The SMILES string of the molecule is O=C(O)c1c(=O)on2ccccc12. The van der Waals surface area contributed by atoms with E-state index in [0.29, 0.717) is 0 Å². The number of hydrogen-bond acceptors (Lipinski definition) is 3. The van der Waals surface area contributed by atoms with Crippen molar-refractivity contribution in [1.82, 2.24) is 4.57 Å². The first kappa shape index (κ1) is 7.60. The van der Waals surface area contributed by atoms with E-state index in [-0.39, 0.29) is 11.1 Å². The Hall–Kier alpha value is -2.04. The number of fused-ring (bicyclic) bond motifs is 1. The minimum absolute atomic E-state index is 0.264. The number of aromatic carboxylic acids is 1. The molecular weight excluding hydrogens is 174 g/mol. The zero-order valence-corrected chi connectivity index (χ0v) is 6.43. The molecule has 0 unspecified atom stereocenters. The fourth-order valence-electron chi connectivity index (χ4n) is 1.14. The first-order valence-electron chi connectivity index (χ1n) is 3.54. The maximum absolute atomic E-state index is 11.0. The molecule has 2 heterocycles. The standard InChI is InChI=1S/C8H5NO4/c10-7(11)6-5-3-1-2-4-9(5)13-8(6)12/h1-4H,(H,10,11). The normalized spacial score (nSPS) is 10.5. The number of carboxylic acid groups (broad SMARTS) is 1. The molecule has 0 aliphatic carbocycles. The smallest absolute Gasteiger partial charge is 0.373 e. The van der Waals surface area contributed by atoms with Crippen LogP contribution < -0.4 is 5.63 Å². The van der Waals surface area contributed by atoms with Crippen LogP contribution in [0.3, 0.4) is 0 Å². The van der Waals surface area contributed by atoms with E-state index in [9.17, 15) is 9.59 Å². The fourth-order valence-corrected chi connectivity index (χ4v) is 1.14. The average molecular weight is 179 g/mol. The lowest BCUT2D eigenvalue weighted by Gasteiger charge is -1.88. The molecule has 2 aromatic rings. The maximum Gasteiger partial charge on any atom is 0.373 e. The van der Waals surface area contributed by atoms with Gasteiger partial charge in [0.05, 0.1) is 0 Å². The van der Waals surface area contributed by atoms with Gasteiger partial charge in [0, 0.05) is 6.20 Å². The Morgan fingerprint density at radius 2 is 2.23 bits per heavy atom. The average Bonchev–Trinajstić information content (AvgIpc) is 2.39. The third-order valence-corrected chi connectivity index (χ3v) is 1.68. The van der Waals surface area contributed by atoms with Crippen molar-refractivity contribution in [1.29, 1.82) is 0 Å². The first-order valence-corrected chi connectivity index (χ1v) is 3.54. The molecule has 0 saturated carbocycles. The van der Waals surface area contributed by atoms with Crippen LogP contribution in [0.2, 0.25) is 0 Å². The van der Waals surface area contributed by atoms with Crippen LogP contribution in [0.15, 0.2) is 33.7 Å². The van der Waals surface area contributed by atoms with E-state index in [4.69, 9.17) is 5.11 Å². The summed E-state index contributed by atoms with van der Waals surface area (Å²) in [6.07, 6.45) is 1.48. The lowest BCUT2D eigenvalue weighted by Crippen LogP contribution is -2.08. The summed E-state index contributed by atoms with van der Waals surface area (Å²) < 4.78 is 5.77. The van der Waals surface area contributed by atoms with Gasteiger partial charge in [0.25, 0.3) is 0 Å². The van der Waals surface area contributed by atoms with Gasteiger partial charge in [0.1, 0.15) is 5.52 Å². The molecule has 0 aliphatic heterocycles. The molecule has 0 spiro atoms. The topological polar surface area (TPSA) is 71.9 Å². The highest BCUT2D eigenvalue weighted by Gasteiger charge is 2.17. The van der Waals surface area contributed by atoms with E-state index < -0.39 is 11.6 Å². The molecule has 5 heteroatoms. The van der Waals surface area contributed by atoms with E-state index in [1.165, 1.54) is 12.3 Å². The molecule has 5 nitrogen and oxygen atoms in total. The fraction of sp³-hybridized carbons (Fsp3) is 0. The van der Waals surface area contributed by atoms with Crippen LogP contribution in [0.5, 0.6) is 0 Å². The number of carbonyl (C=O) groups is 1. The summed E-state index contributed by atoms with van der Waals surface area (Å²) in [5.41, 5.74) is -0.903. The summed E-state index contributed by atoms with van der Waals surface area (Å²) in [5.74, 6) is -1.28. The number of pyridine rings is 1. The van der Waals surface area contributed by atoms with Gasteiger partial charge < -0.3 is 9.63 Å². The molecule has 0 bridgehead atoms. The third kappa shape index (κ3) is 1.01. The van der Waals surface area contributed by atoms with Crippen molar-refractivity contribution in [3.05, 3.63) is 40.4 Å². The molecule has 0 aromatic carbocycles. The largest absolute Gasteiger partial charge is 0.477 e.